The Labute approximate surface area is 138 Å². The minimum Gasteiger partial charge on any atom is -0.489 e. The number of hydrogen-bond acceptors (Lipinski definition) is 2. The maximum absolute atomic E-state index is 14.0. The third-order valence-corrected chi connectivity index (χ3v) is 3.43. The lowest BCUT2D eigenvalue weighted by atomic mass is 10.1. The van der Waals surface area contributed by atoms with E-state index < -0.39 is 17.6 Å². The quantitative estimate of drug-likeness (QED) is 0.570. The van der Waals surface area contributed by atoms with E-state index >= 15 is 0 Å². The largest absolute Gasteiger partial charge is 0.489 e. The monoisotopic (exact) mass is 341 g/mol. The van der Waals surface area contributed by atoms with Crippen molar-refractivity contribution in [3.8, 4) is 5.75 Å². The second-order valence-corrected chi connectivity index (χ2v) is 5.42. The van der Waals surface area contributed by atoms with Gasteiger partial charge in [0.25, 0.3) is 0 Å². The second-order valence-electron chi connectivity index (χ2n) is 5.42. The van der Waals surface area contributed by atoms with Gasteiger partial charge in [-0.1, -0.05) is 25.1 Å². The first-order valence-corrected chi connectivity index (χ1v) is 7.68. The molecule has 0 bridgehead atoms. The number of halogens is 4. The third kappa shape index (κ3) is 5.23. The summed E-state index contributed by atoms with van der Waals surface area (Å²) in [7, 11) is 0. The third-order valence-electron chi connectivity index (χ3n) is 3.43. The second kappa shape index (κ2) is 8.15. The Morgan fingerprint density at radius 1 is 1.08 bits per heavy atom. The highest BCUT2D eigenvalue weighted by atomic mass is 19.4. The maximum Gasteiger partial charge on any atom is 0.416 e. The number of hydrogen-bond donors (Lipinski definition) is 1. The Morgan fingerprint density at radius 2 is 1.88 bits per heavy atom. The van der Waals surface area contributed by atoms with E-state index in [1.54, 1.807) is 12.1 Å². The molecule has 0 heterocycles. The van der Waals surface area contributed by atoms with Crippen LogP contribution in [0.3, 0.4) is 0 Å². The molecule has 0 aliphatic rings. The van der Waals surface area contributed by atoms with Crippen molar-refractivity contribution in [1.82, 2.24) is 5.32 Å². The van der Waals surface area contributed by atoms with Gasteiger partial charge in [0, 0.05) is 18.2 Å². The molecule has 0 aromatic heterocycles. The van der Waals surface area contributed by atoms with Gasteiger partial charge in [0.15, 0.2) is 0 Å². The maximum atomic E-state index is 14.0. The number of nitrogens with one attached hydrogen (secondary N) is 1. The van der Waals surface area contributed by atoms with E-state index in [4.69, 9.17) is 4.74 Å². The molecule has 2 aromatic rings. The van der Waals surface area contributed by atoms with Crippen LogP contribution in [-0.4, -0.2) is 6.54 Å². The van der Waals surface area contributed by atoms with Crippen LogP contribution in [-0.2, 0) is 19.3 Å². The van der Waals surface area contributed by atoms with Crippen LogP contribution in [0.4, 0.5) is 17.6 Å². The highest BCUT2D eigenvalue weighted by molar-refractivity contribution is 5.30. The molecule has 130 valence electrons. The minimum atomic E-state index is -4.39. The lowest BCUT2D eigenvalue weighted by Crippen LogP contribution is -2.14. The van der Waals surface area contributed by atoms with Gasteiger partial charge in [-0.05, 0) is 36.7 Å². The van der Waals surface area contributed by atoms with Gasteiger partial charge in [0.1, 0.15) is 18.2 Å². The van der Waals surface area contributed by atoms with E-state index in [0.717, 1.165) is 25.1 Å². The molecule has 2 aromatic carbocycles. The SMILES string of the molecule is CCCNCc1ccc(OCc2cccc(C(F)(F)F)c2)cc1F. The summed E-state index contributed by atoms with van der Waals surface area (Å²) in [5, 5.41) is 3.10. The normalized spacial score (nSPS) is 11.5. The van der Waals surface area contributed by atoms with Crippen LogP contribution in [0.1, 0.15) is 30.0 Å². The number of alkyl halides is 3. The standard InChI is InChI=1S/C18H19F4NO/c1-2-8-23-11-14-6-7-16(10-17(14)19)24-12-13-4-3-5-15(9-13)18(20,21)22/h3-7,9-10,23H,2,8,11-12H2,1H3. The molecule has 6 heteroatoms. The summed E-state index contributed by atoms with van der Waals surface area (Å²) in [6, 6.07) is 9.36. The average molecular weight is 341 g/mol. The van der Waals surface area contributed by atoms with Crippen LogP contribution >= 0.6 is 0 Å². The molecule has 0 aliphatic heterocycles. The molecule has 1 N–H and O–H groups in total. The summed E-state index contributed by atoms with van der Waals surface area (Å²) < 4.78 is 57.3. The van der Waals surface area contributed by atoms with Crippen LogP contribution in [0.15, 0.2) is 42.5 Å². The minimum absolute atomic E-state index is 0.0587. The predicted octanol–water partition coefficient (Wildman–Crippen LogP) is 4.92. The first kappa shape index (κ1) is 18.3. The zero-order chi connectivity index (χ0) is 17.6. The van der Waals surface area contributed by atoms with E-state index in [1.807, 2.05) is 6.92 Å². The topological polar surface area (TPSA) is 21.3 Å². The molecule has 0 radical (unpaired) electrons. The Kier molecular flexibility index (Phi) is 6.20. The fraction of sp³-hybridized carbons (Fsp3) is 0.333. The molecule has 24 heavy (non-hydrogen) atoms. The van der Waals surface area contributed by atoms with Crippen molar-refractivity contribution in [1.29, 1.82) is 0 Å². The lowest BCUT2D eigenvalue weighted by molar-refractivity contribution is -0.137. The molecule has 0 aliphatic carbocycles. The highest BCUT2D eigenvalue weighted by Gasteiger charge is 2.30. The van der Waals surface area contributed by atoms with Gasteiger partial charge >= 0.3 is 6.18 Å². The molecule has 0 atom stereocenters. The molecule has 0 saturated carbocycles. The summed E-state index contributed by atoms with van der Waals surface area (Å²) in [5.41, 5.74) is 0.168. The number of ether oxygens (including phenoxy) is 1. The number of benzene rings is 2. The van der Waals surface area contributed by atoms with Crippen LogP contribution in [0.2, 0.25) is 0 Å². The molecule has 0 amide bonds. The molecule has 0 fully saturated rings. The first-order valence-electron chi connectivity index (χ1n) is 7.68. The first-order chi connectivity index (χ1) is 11.4. The van der Waals surface area contributed by atoms with Gasteiger partial charge < -0.3 is 10.1 Å². The molecular formula is C18H19F4NO. The van der Waals surface area contributed by atoms with Crippen molar-refractivity contribution < 1.29 is 22.3 Å². The van der Waals surface area contributed by atoms with Crippen molar-refractivity contribution in [2.75, 3.05) is 6.54 Å². The van der Waals surface area contributed by atoms with Crippen LogP contribution < -0.4 is 10.1 Å². The Bertz CT molecular complexity index is 670. The van der Waals surface area contributed by atoms with Gasteiger partial charge in [-0.25, -0.2) is 4.39 Å². The van der Waals surface area contributed by atoms with Crippen molar-refractivity contribution in [3.05, 3.63) is 65.0 Å². The predicted molar refractivity (Wildman–Crippen MR) is 84.2 cm³/mol. The van der Waals surface area contributed by atoms with Crippen LogP contribution in [0.25, 0.3) is 0 Å². The van der Waals surface area contributed by atoms with E-state index in [2.05, 4.69) is 5.32 Å². The van der Waals surface area contributed by atoms with Gasteiger partial charge in [0.2, 0.25) is 0 Å². The fourth-order valence-corrected chi connectivity index (χ4v) is 2.17. The summed E-state index contributed by atoms with van der Waals surface area (Å²) in [4.78, 5) is 0. The van der Waals surface area contributed by atoms with Crippen LogP contribution in [0, 0.1) is 5.82 Å². The Hall–Kier alpha value is -2.08. The van der Waals surface area contributed by atoms with E-state index in [0.29, 0.717) is 17.7 Å². The van der Waals surface area contributed by atoms with E-state index in [-0.39, 0.29) is 12.4 Å². The zero-order valence-electron chi connectivity index (χ0n) is 13.3. The van der Waals surface area contributed by atoms with Crippen molar-refractivity contribution in [3.63, 3.8) is 0 Å². The van der Waals surface area contributed by atoms with E-state index in [9.17, 15) is 17.6 Å². The number of rotatable bonds is 7. The van der Waals surface area contributed by atoms with Gasteiger partial charge in [-0.2, -0.15) is 13.2 Å². The molecule has 2 nitrogen and oxygen atoms in total. The highest BCUT2D eigenvalue weighted by Crippen LogP contribution is 2.29. The van der Waals surface area contributed by atoms with Gasteiger partial charge in [0.05, 0.1) is 5.56 Å². The van der Waals surface area contributed by atoms with Crippen molar-refractivity contribution in [2.45, 2.75) is 32.7 Å². The molecule has 2 rings (SSSR count). The fourth-order valence-electron chi connectivity index (χ4n) is 2.17. The van der Waals surface area contributed by atoms with Crippen molar-refractivity contribution in [2.24, 2.45) is 0 Å². The average Bonchev–Trinajstić information content (AvgIpc) is 2.54. The molecule has 0 saturated heterocycles. The molecular weight excluding hydrogens is 322 g/mol. The van der Waals surface area contributed by atoms with Gasteiger partial charge in [-0.15, -0.1) is 0 Å². The summed E-state index contributed by atoms with van der Waals surface area (Å²) in [6.07, 6.45) is -3.44. The van der Waals surface area contributed by atoms with E-state index in [1.165, 1.54) is 18.2 Å². The lowest BCUT2D eigenvalue weighted by Gasteiger charge is -2.11. The summed E-state index contributed by atoms with van der Waals surface area (Å²) in [5.74, 6) is -0.121. The van der Waals surface area contributed by atoms with Crippen molar-refractivity contribution >= 4 is 0 Å². The Morgan fingerprint density at radius 3 is 2.54 bits per heavy atom. The van der Waals surface area contributed by atoms with Crippen LogP contribution in [0.5, 0.6) is 5.75 Å². The zero-order valence-corrected chi connectivity index (χ0v) is 13.3. The Balaban J connectivity index is 1.98. The molecule has 0 unspecified atom stereocenters. The summed E-state index contributed by atoms with van der Waals surface area (Å²) in [6.45, 7) is 3.19. The van der Waals surface area contributed by atoms with Gasteiger partial charge in [-0.3, -0.25) is 0 Å². The molecule has 0 spiro atoms. The smallest absolute Gasteiger partial charge is 0.416 e. The summed E-state index contributed by atoms with van der Waals surface area (Å²) >= 11 is 0.